The number of nitrogens with zero attached hydrogens (tertiary/aromatic N) is 6. The van der Waals surface area contributed by atoms with Gasteiger partial charge in [-0.2, -0.15) is 5.10 Å². The lowest BCUT2D eigenvalue weighted by Crippen LogP contribution is -2.59. The Morgan fingerprint density at radius 2 is 1.55 bits per heavy atom. The van der Waals surface area contributed by atoms with E-state index in [4.69, 9.17) is 24.4 Å². The van der Waals surface area contributed by atoms with E-state index in [2.05, 4.69) is 77.8 Å². The molecule has 0 bridgehead atoms. The Morgan fingerprint density at radius 3 is 2.22 bits per heavy atom. The van der Waals surface area contributed by atoms with Crippen molar-refractivity contribution in [3.63, 3.8) is 0 Å². The fourth-order valence-electron chi connectivity index (χ4n) is 6.86. The number of aryl methyl sites for hydroxylation is 1. The molecule has 1 N–H and O–H groups in total. The van der Waals surface area contributed by atoms with Crippen molar-refractivity contribution in [1.29, 1.82) is 0 Å². The SMILES string of the molecule is CCc1ccc(NC(=O)CN2CCN(c3nnc(Cc4ccncc4)c4cc(OC)c(OCC(C)(C)C(C)(C)N5CCOCC5)cc34)CC2)cc1. The molecule has 0 atom stereocenters. The fraction of sp³-hybridized carbons (Fsp3) is 0.500. The van der Waals surface area contributed by atoms with Crippen LogP contribution < -0.4 is 19.7 Å². The molecular formula is C40H53N7O4. The quantitative estimate of drug-likeness (QED) is 0.194. The standard InChI is InChI=1S/C40H53N7O4/c1-7-29-8-10-31(11-9-29)42-37(48)27-45-16-18-46(19-17-45)38-33-26-36(51-28-39(2,3)40(4,5)47-20-22-50-23-21-47)35(49-6)25-32(33)34(43-44-38)24-30-12-14-41-15-13-30/h8-15,25-26H,7,16-24,27-28H2,1-6H3,(H,42,48). The molecule has 6 rings (SSSR count). The van der Waals surface area contributed by atoms with Crippen LogP contribution >= 0.6 is 0 Å². The van der Waals surface area contributed by atoms with Crippen molar-refractivity contribution in [2.45, 2.75) is 53.0 Å². The van der Waals surface area contributed by atoms with Crippen LogP contribution in [-0.2, 0) is 22.4 Å². The van der Waals surface area contributed by atoms with Gasteiger partial charge in [0.1, 0.15) is 0 Å². The molecule has 2 aliphatic heterocycles. The molecule has 4 aromatic rings. The topological polar surface area (TPSA) is 105 Å². The van der Waals surface area contributed by atoms with E-state index in [0.29, 0.717) is 31.1 Å². The van der Waals surface area contributed by atoms with E-state index < -0.39 is 0 Å². The van der Waals surface area contributed by atoms with Gasteiger partial charge < -0.3 is 24.4 Å². The molecule has 2 aromatic carbocycles. The van der Waals surface area contributed by atoms with Crippen LogP contribution in [0.25, 0.3) is 10.8 Å². The Hall–Kier alpha value is -4.32. The van der Waals surface area contributed by atoms with Crippen molar-refractivity contribution in [3.8, 4) is 11.5 Å². The lowest BCUT2D eigenvalue weighted by atomic mass is 9.73. The van der Waals surface area contributed by atoms with Crippen LogP contribution in [0.5, 0.6) is 11.5 Å². The van der Waals surface area contributed by atoms with Crippen molar-refractivity contribution in [2.24, 2.45) is 5.41 Å². The maximum Gasteiger partial charge on any atom is 0.238 e. The molecule has 272 valence electrons. The van der Waals surface area contributed by atoms with Crippen molar-refractivity contribution in [2.75, 3.05) is 83.0 Å². The summed E-state index contributed by atoms with van der Waals surface area (Å²) in [7, 11) is 1.69. The number of amides is 1. The van der Waals surface area contributed by atoms with Crippen LogP contribution in [0.4, 0.5) is 11.5 Å². The Balaban J connectivity index is 1.23. The Bertz CT molecular complexity index is 1770. The second-order valence-electron chi connectivity index (χ2n) is 14.7. The summed E-state index contributed by atoms with van der Waals surface area (Å²) in [6, 6.07) is 16.2. The third-order valence-electron chi connectivity index (χ3n) is 11.0. The van der Waals surface area contributed by atoms with E-state index in [1.807, 2.05) is 30.3 Å². The lowest BCUT2D eigenvalue weighted by Gasteiger charge is -2.50. The van der Waals surface area contributed by atoms with E-state index >= 15 is 0 Å². The average Bonchev–Trinajstić information content (AvgIpc) is 3.15. The fourth-order valence-corrected chi connectivity index (χ4v) is 6.86. The zero-order valence-corrected chi connectivity index (χ0v) is 31.1. The van der Waals surface area contributed by atoms with Crippen molar-refractivity contribution in [1.82, 2.24) is 25.0 Å². The predicted octanol–water partition coefficient (Wildman–Crippen LogP) is 5.46. The number of piperazine rings is 1. The van der Waals surface area contributed by atoms with Gasteiger partial charge in [-0.15, -0.1) is 5.10 Å². The number of anilines is 2. The molecule has 2 aliphatic rings. The molecule has 51 heavy (non-hydrogen) atoms. The first-order chi connectivity index (χ1) is 24.6. The third-order valence-corrected chi connectivity index (χ3v) is 11.0. The Morgan fingerprint density at radius 1 is 0.863 bits per heavy atom. The first-order valence-corrected chi connectivity index (χ1v) is 18.2. The Kier molecular flexibility index (Phi) is 11.4. The number of benzene rings is 2. The van der Waals surface area contributed by atoms with Gasteiger partial charge in [-0.1, -0.05) is 32.9 Å². The number of rotatable bonds is 13. The molecule has 2 fully saturated rings. The van der Waals surface area contributed by atoms with Crippen molar-refractivity contribution in [3.05, 3.63) is 77.7 Å². The van der Waals surface area contributed by atoms with E-state index in [1.54, 1.807) is 19.5 Å². The summed E-state index contributed by atoms with van der Waals surface area (Å²) in [6.45, 7) is 18.3. The zero-order valence-electron chi connectivity index (χ0n) is 31.1. The highest BCUT2D eigenvalue weighted by molar-refractivity contribution is 5.96. The van der Waals surface area contributed by atoms with Gasteiger partial charge in [0, 0.05) is 85.5 Å². The summed E-state index contributed by atoms with van der Waals surface area (Å²) in [4.78, 5) is 24.1. The number of pyridine rings is 1. The minimum atomic E-state index is -0.183. The van der Waals surface area contributed by atoms with E-state index in [1.165, 1.54) is 5.56 Å². The van der Waals surface area contributed by atoms with Gasteiger partial charge >= 0.3 is 0 Å². The highest BCUT2D eigenvalue weighted by Gasteiger charge is 2.43. The van der Waals surface area contributed by atoms with Gasteiger partial charge in [0.25, 0.3) is 0 Å². The molecule has 2 aromatic heterocycles. The molecule has 1 amide bonds. The van der Waals surface area contributed by atoms with E-state index in [-0.39, 0.29) is 16.9 Å². The molecule has 11 heteroatoms. The van der Waals surface area contributed by atoms with Gasteiger partial charge in [-0.05, 0) is 67.8 Å². The number of carbonyl (C=O) groups is 1. The maximum atomic E-state index is 12.9. The smallest absolute Gasteiger partial charge is 0.238 e. The summed E-state index contributed by atoms with van der Waals surface area (Å²) in [5.74, 6) is 2.15. The first kappa shape index (κ1) is 36.5. The summed E-state index contributed by atoms with van der Waals surface area (Å²) in [6.07, 6.45) is 5.18. The van der Waals surface area contributed by atoms with Gasteiger partial charge in [0.05, 0.1) is 39.2 Å². The third kappa shape index (κ3) is 8.43. The van der Waals surface area contributed by atoms with Gasteiger partial charge in [0.2, 0.25) is 5.91 Å². The predicted molar refractivity (Wildman–Crippen MR) is 202 cm³/mol. The monoisotopic (exact) mass is 695 g/mol. The van der Waals surface area contributed by atoms with Gasteiger partial charge in [0.15, 0.2) is 17.3 Å². The summed E-state index contributed by atoms with van der Waals surface area (Å²) in [5, 5.41) is 14.6. The minimum absolute atomic E-state index is 0.00740. The lowest BCUT2D eigenvalue weighted by molar-refractivity contribution is -0.117. The highest BCUT2D eigenvalue weighted by atomic mass is 16.5. The number of aromatic nitrogens is 3. The number of hydrogen-bond acceptors (Lipinski definition) is 10. The summed E-state index contributed by atoms with van der Waals surface area (Å²) in [5.41, 5.74) is 3.74. The first-order valence-electron chi connectivity index (χ1n) is 18.2. The van der Waals surface area contributed by atoms with Crippen LogP contribution in [0, 0.1) is 5.41 Å². The molecule has 2 saturated heterocycles. The summed E-state index contributed by atoms with van der Waals surface area (Å²) >= 11 is 0. The number of morpholine rings is 1. The molecule has 0 saturated carbocycles. The van der Waals surface area contributed by atoms with E-state index in [9.17, 15) is 4.79 Å². The molecule has 0 aliphatic carbocycles. The van der Waals surface area contributed by atoms with Crippen LogP contribution in [0.2, 0.25) is 0 Å². The highest BCUT2D eigenvalue weighted by Crippen LogP contribution is 2.41. The largest absolute Gasteiger partial charge is 0.493 e. The second-order valence-corrected chi connectivity index (χ2v) is 14.7. The van der Waals surface area contributed by atoms with Gasteiger partial charge in [-0.25, -0.2) is 0 Å². The van der Waals surface area contributed by atoms with Gasteiger partial charge in [-0.3, -0.25) is 19.6 Å². The van der Waals surface area contributed by atoms with Crippen molar-refractivity contribution < 1.29 is 19.0 Å². The number of nitrogens with one attached hydrogen (secondary N) is 1. The van der Waals surface area contributed by atoms with Crippen LogP contribution in [0.15, 0.2) is 60.9 Å². The number of carbonyl (C=O) groups excluding carboxylic acids is 1. The van der Waals surface area contributed by atoms with Crippen LogP contribution in [-0.4, -0.2) is 109 Å². The molecule has 0 unspecified atom stereocenters. The molecular weight excluding hydrogens is 642 g/mol. The number of ether oxygens (including phenoxy) is 3. The van der Waals surface area contributed by atoms with Crippen molar-refractivity contribution >= 4 is 28.2 Å². The zero-order chi connectivity index (χ0) is 36.0. The number of methoxy groups -OCH3 is 1. The minimum Gasteiger partial charge on any atom is -0.493 e. The molecule has 11 nitrogen and oxygen atoms in total. The molecule has 0 radical (unpaired) electrons. The average molecular weight is 696 g/mol. The Labute approximate surface area is 302 Å². The van der Waals surface area contributed by atoms with Crippen LogP contribution in [0.1, 0.15) is 51.4 Å². The normalized spacial score (nSPS) is 16.3. The van der Waals surface area contributed by atoms with E-state index in [0.717, 1.165) is 92.4 Å². The summed E-state index contributed by atoms with van der Waals surface area (Å²) < 4.78 is 18.3. The second kappa shape index (κ2) is 15.9. The molecule has 0 spiro atoms. The molecule has 4 heterocycles. The number of fused-ring (bicyclic) bond motifs is 1. The van der Waals surface area contributed by atoms with Crippen LogP contribution in [0.3, 0.4) is 0 Å². The maximum absolute atomic E-state index is 12.9. The number of hydrogen-bond donors (Lipinski definition) is 1.